The topological polar surface area (TPSA) is 25.8 Å². The van der Waals surface area contributed by atoms with Gasteiger partial charge in [-0.05, 0) is 59.5 Å². The van der Waals surface area contributed by atoms with E-state index in [1.165, 1.54) is 0 Å². The molecule has 0 aliphatic rings. The van der Waals surface area contributed by atoms with Crippen molar-refractivity contribution in [3.05, 3.63) is 56.6 Å². The molecule has 0 N–H and O–H groups in total. The lowest BCUT2D eigenvalue weighted by Crippen LogP contribution is -1.97. The number of nitrogens with zero attached hydrogens (tertiary/aromatic N) is 2. The minimum Gasteiger partial charge on any atom is -0.228 e. The van der Waals surface area contributed by atoms with Crippen LogP contribution in [0.25, 0.3) is 22.3 Å². The number of rotatable bonds is 1. The molecule has 0 fully saturated rings. The van der Waals surface area contributed by atoms with Gasteiger partial charge < -0.3 is 0 Å². The Morgan fingerprint density at radius 2 is 1.57 bits per heavy atom. The Morgan fingerprint density at radius 1 is 0.905 bits per heavy atom. The van der Waals surface area contributed by atoms with Gasteiger partial charge in [0.2, 0.25) is 0 Å². The van der Waals surface area contributed by atoms with Crippen LogP contribution < -0.4 is 0 Å². The third-order valence-corrected chi connectivity index (χ3v) is 4.60. The van der Waals surface area contributed by atoms with E-state index < -0.39 is 0 Å². The number of aryl methyl sites for hydroxylation is 3. The number of aromatic nitrogens is 2. The van der Waals surface area contributed by atoms with Gasteiger partial charge in [-0.2, -0.15) is 0 Å². The van der Waals surface area contributed by atoms with Crippen molar-refractivity contribution in [2.75, 3.05) is 0 Å². The lowest BCUT2D eigenvalue weighted by atomic mass is 10.0. The van der Waals surface area contributed by atoms with E-state index in [2.05, 4.69) is 46.9 Å². The first kappa shape index (κ1) is 14.5. The van der Waals surface area contributed by atoms with Crippen LogP contribution in [0.4, 0.5) is 0 Å². The molecule has 0 bridgehead atoms. The second kappa shape index (κ2) is 5.39. The molecule has 4 heteroatoms. The van der Waals surface area contributed by atoms with E-state index in [1.54, 1.807) is 0 Å². The monoisotopic (exact) mass is 360 g/mol. The zero-order valence-corrected chi connectivity index (χ0v) is 14.4. The number of fused-ring (bicyclic) bond motifs is 1. The van der Waals surface area contributed by atoms with Crippen molar-refractivity contribution in [1.29, 1.82) is 0 Å². The maximum Gasteiger partial charge on any atom is 0.162 e. The van der Waals surface area contributed by atoms with Gasteiger partial charge in [-0.25, -0.2) is 9.97 Å². The lowest BCUT2D eigenvalue weighted by Gasteiger charge is -2.12. The van der Waals surface area contributed by atoms with Crippen molar-refractivity contribution < 1.29 is 0 Å². The molecule has 0 aliphatic heterocycles. The van der Waals surface area contributed by atoms with E-state index in [-0.39, 0.29) is 0 Å². The van der Waals surface area contributed by atoms with Gasteiger partial charge in [0.15, 0.2) is 5.82 Å². The average molecular weight is 362 g/mol. The summed E-state index contributed by atoms with van der Waals surface area (Å²) in [4.78, 5) is 9.28. The third-order valence-electron chi connectivity index (χ3n) is 3.66. The highest BCUT2D eigenvalue weighted by Crippen LogP contribution is 2.33. The molecule has 0 amide bonds. The Hall–Kier alpha value is -1.45. The van der Waals surface area contributed by atoms with Crippen molar-refractivity contribution in [3.63, 3.8) is 0 Å². The molecule has 0 aliphatic carbocycles. The Kier molecular flexibility index (Phi) is 3.72. The van der Waals surface area contributed by atoms with Crippen molar-refractivity contribution in [2.24, 2.45) is 0 Å². The summed E-state index contributed by atoms with van der Waals surface area (Å²) in [5.74, 6) is 0.685. The summed E-state index contributed by atoms with van der Waals surface area (Å²) in [5, 5.41) is 1.35. The molecule has 0 atom stereocenters. The molecular formula is C17H14BrClN2. The quantitative estimate of drug-likeness (QED) is 0.524. The zero-order chi connectivity index (χ0) is 15.1. The summed E-state index contributed by atoms with van der Waals surface area (Å²) in [7, 11) is 0. The number of halogens is 2. The molecule has 0 unspecified atom stereocenters. The predicted octanol–water partition coefficient (Wildman–Crippen LogP) is 5.64. The Labute approximate surface area is 137 Å². The molecule has 0 saturated heterocycles. The van der Waals surface area contributed by atoms with Gasteiger partial charge in [-0.15, -0.1) is 0 Å². The summed E-state index contributed by atoms with van der Waals surface area (Å²) in [6.07, 6.45) is 0. The van der Waals surface area contributed by atoms with E-state index in [0.29, 0.717) is 11.0 Å². The molecule has 106 valence electrons. The summed E-state index contributed by atoms with van der Waals surface area (Å²) < 4.78 is 0.918. The van der Waals surface area contributed by atoms with Crippen molar-refractivity contribution >= 4 is 38.4 Å². The molecule has 0 spiro atoms. The zero-order valence-electron chi connectivity index (χ0n) is 12.0. The van der Waals surface area contributed by atoms with Crippen LogP contribution in [-0.4, -0.2) is 9.97 Å². The average Bonchev–Trinajstić information content (AvgIpc) is 2.42. The fourth-order valence-electron chi connectivity index (χ4n) is 2.57. The van der Waals surface area contributed by atoms with Gasteiger partial charge in [0.25, 0.3) is 0 Å². The van der Waals surface area contributed by atoms with Crippen LogP contribution in [0, 0.1) is 20.8 Å². The van der Waals surface area contributed by atoms with Gasteiger partial charge >= 0.3 is 0 Å². The SMILES string of the molecule is Cc1cccc(C)c1-c1nc(Cl)c2c(Br)ccc(C)c2n1. The first-order valence-corrected chi connectivity index (χ1v) is 7.85. The maximum atomic E-state index is 6.41. The van der Waals surface area contributed by atoms with Crippen LogP contribution in [0.2, 0.25) is 5.15 Å². The molecule has 3 rings (SSSR count). The van der Waals surface area contributed by atoms with E-state index >= 15 is 0 Å². The normalized spacial score (nSPS) is 11.1. The molecule has 1 aromatic heterocycles. The van der Waals surface area contributed by atoms with Crippen molar-refractivity contribution in [1.82, 2.24) is 9.97 Å². The molecule has 1 heterocycles. The minimum atomic E-state index is 0.480. The van der Waals surface area contributed by atoms with Gasteiger partial charge in [0.1, 0.15) is 5.15 Å². The number of hydrogen-bond donors (Lipinski definition) is 0. The molecule has 21 heavy (non-hydrogen) atoms. The molecule has 2 aromatic carbocycles. The molecular weight excluding hydrogens is 348 g/mol. The summed E-state index contributed by atoms with van der Waals surface area (Å²) >= 11 is 9.94. The second-order valence-corrected chi connectivity index (χ2v) is 6.41. The van der Waals surface area contributed by atoms with E-state index in [4.69, 9.17) is 16.6 Å². The van der Waals surface area contributed by atoms with E-state index in [9.17, 15) is 0 Å². The van der Waals surface area contributed by atoms with Gasteiger partial charge in [0, 0.05) is 10.0 Å². The maximum absolute atomic E-state index is 6.41. The lowest BCUT2D eigenvalue weighted by molar-refractivity contribution is 1.19. The minimum absolute atomic E-state index is 0.480. The fourth-order valence-corrected chi connectivity index (χ4v) is 3.46. The van der Waals surface area contributed by atoms with Crippen LogP contribution >= 0.6 is 27.5 Å². The van der Waals surface area contributed by atoms with Crippen molar-refractivity contribution in [2.45, 2.75) is 20.8 Å². The van der Waals surface area contributed by atoms with Crippen molar-refractivity contribution in [3.8, 4) is 11.4 Å². The first-order valence-electron chi connectivity index (χ1n) is 6.68. The smallest absolute Gasteiger partial charge is 0.162 e. The predicted molar refractivity (Wildman–Crippen MR) is 91.9 cm³/mol. The summed E-state index contributed by atoms with van der Waals surface area (Å²) in [6.45, 7) is 6.17. The largest absolute Gasteiger partial charge is 0.228 e. The van der Waals surface area contributed by atoms with Gasteiger partial charge in [-0.1, -0.05) is 35.9 Å². The Balaban J connectivity index is 2.39. The number of hydrogen-bond acceptors (Lipinski definition) is 2. The van der Waals surface area contributed by atoms with Crippen LogP contribution in [0.1, 0.15) is 16.7 Å². The first-order chi connectivity index (χ1) is 9.99. The fraction of sp³-hybridized carbons (Fsp3) is 0.176. The second-order valence-electron chi connectivity index (χ2n) is 5.19. The van der Waals surface area contributed by atoms with E-state index in [0.717, 1.165) is 37.6 Å². The molecule has 2 nitrogen and oxygen atoms in total. The molecule has 3 aromatic rings. The third kappa shape index (κ3) is 2.45. The highest BCUT2D eigenvalue weighted by molar-refractivity contribution is 9.10. The van der Waals surface area contributed by atoms with Gasteiger partial charge in [-0.3, -0.25) is 0 Å². The number of benzene rings is 2. The summed E-state index contributed by atoms with van der Waals surface area (Å²) in [5.41, 5.74) is 5.34. The molecule has 0 radical (unpaired) electrons. The Morgan fingerprint density at radius 3 is 2.24 bits per heavy atom. The highest BCUT2D eigenvalue weighted by atomic mass is 79.9. The van der Waals surface area contributed by atoms with Crippen LogP contribution in [0.15, 0.2) is 34.8 Å². The summed E-state index contributed by atoms with van der Waals surface area (Å²) in [6, 6.07) is 10.2. The van der Waals surface area contributed by atoms with Gasteiger partial charge in [0.05, 0.1) is 10.9 Å². The van der Waals surface area contributed by atoms with Crippen LogP contribution in [0.3, 0.4) is 0 Å². The highest BCUT2D eigenvalue weighted by Gasteiger charge is 2.14. The van der Waals surface area contributed by atoms with E-state index in [1.807, 2.05) is 25.1 Å². The Bertz CT molecular complexity index is 839. The molecule has 0 saturated carbocycles. The van der Waals surface area contributed by atoms with Crippen LogP contribution in [0.5, 0.6) is 0 Å². The van der Waals surface area contributed by atoms with Crippen LogP contribution in [-0.2, 0) is 0 Å². The standard InChI is InChI=1S/C17H14BrClN2/c1-9-5-4-6-10(2)13(9)17-20-15-11(3)7-8-12(18)14(15)16(19)21-17/h4-8H,1-3H3.